The monoisotopic (exact) mass is 262 g/mol. The minimum atomic E-state index is -0.520. The Morgan fingerprint density at radius 3 is 2.37 bits per heavy atom. The lowest BCUT2D eigenvalue weighted by Gasteiger charge is -2.12. The third-order valence-corrected chi connectivity index (χ3v) is 2.60. The molecule has 3 nitrogen and oxygen atoms in total. The SMILES string of the molecule is Cc1ccc(F)cc1Oc1ccc(F)cc1C(=N)N. The molecule has 0 bridgehead atoms. The molecule has 98 valence electrons. The summed E-state index contributed by atoms with van der Waals surface area (Å²) >= 11 is 0. The number of amidine groups is 1. The van der Waals surface area contributed by atoms with E-state index in [1.807, 2.05) is 0 Å². The lowest BCUT2D eigenvalue weighted by Crippen LogP contribution is -2.12. The highest BCUT2D eigenvalue weighted by molar-refractivity contribution is 5.97. The Hall–Kier alpha value is -2.43. The van der Waals surface area contributed by atoms with Gasteiger partial charge in [-0.3, -0.25) is 5.41 Å². The molecule has 0 radical (unpaired) electrons. The third kappa shape index (κ3) is 2.88. The number of nitrogens with two attached hydrogens (primary N) is 1. The second-order valence-corrected chi connectivity index (χ2v) is 4.07. The van der Waals surface area contributed by atoms with Gasteiger partial charge in [0.15, 0.2) is 0 Å². The lowest BCUT2D eigenvalue weighted by molar-refractivity contribution is 0.470. The van der Waals surface area contributed by atoms with Gasteiger partial charge in [-0.25, -0.2) is 8.78 Å². The van der Waals surface area contributed by atoms with Crippen LogP contribution in [0.15, 0.2) is 36.4 Å². The average molecular weight is 262 g/mol. The number of ether oxygens (including phenoxy) is 1. The van der Waals surface area contributed by atoms with E-state index in [-0.39, 0.29) is 17.1 Å². The van der Waals surface area contributed by atoms with Gasteiger partial charge in [-0.1, -0.05) is 6.07 Å². The molecular weight excluding hydrogens is 250 g/mol. The van der Waals surface area contributed by atoms with E-state index in [9.17, 15) is 8.78 Å². The summed E-state index contributed by atoms with van der Waals surface area (Å²) in [6, 6.07) is 7.77. The fourth-order valence-corrected chi connectivity index (χ4v) is 1.60. The van der Waals surface area contributed by atoms with Crippen molar-refractivity contribution >= 4 is 5.84 Å². The predicted octanol–water partition coefficient (Wildman–Crippen LogP) is 3.35. The predicted molar refractivity (Wildman–Crippen MR) is 68.6 cm³/mol. The van der Waals surface area contributed by atoms with Crippen molar-refractivity contribution in [2.24, 2.45) is 5.73 Å². The Balaban J connectivity index is 2.43. The normalized spacial score (nSPS) is 10.3. The second kappa shape index (κ2) is 5.06. The molecule has 0 fully saturated rings. The second-order valence-electron chi connectivity index (χ2n) is 4.07. The largest absolute Gasteiger partial charge is 0.456 e. The Bertz CT molecular complexity index is 641. The first kappa shape index (κ1) is 13.0. The average Bonchev–Trinajstić information content (AvgIpc) is 2.35. The summed E-state index contributed by atoms with van der Waals surface area (Å²) in [5.41, 5.74) is 6.22. The van der Waals surface area contributed by atoms with Crippen molar-refractivity contribution in [2.75, 3.05) is 0 Å². The summed E-state index contributed by atoms with van der Waals surface area (Å²) in [5, 5.41) is 7.39. The zero-order valence-electron chi connectivity index (χ0n) is 10.2. The lowest BCUT2D eigenvalue weighted by atomic mass is 10.1. The van der Waals surface area contributed by atoms with Crippen molar-refractivity contribution in [2.45, 2.75) is 6.92 Å². The van der Waals surface area contributed by atoms with E-state index < -0.39 is 11.6 Å². The molecular formula is C14H12F2N2O. The van der Waals surface area contributed by atoms with Crippen LogP contribution in [0.25, 0.3) is 0 Å². The number of benzene rings is 2. The fraction of sp³-hybridized carbons (Fsp3) is 0.0714. The first-order chi connectivity index (χ1) is 8.97. The number of nitrogen functional groups attached to an aromatic ring is 1. The number of aryl methyl sites for hydroxylation is 1. The first-order valence-corrected chi connectivity index (χ1v) is 5.55. The van der Waals surface area contributed by atoms with Gasteiger partial charge in [0, 0.05) is 6.07 Å². The molecule has 0 heterocycles. The van der Waals surface area contributed by atoms with Crippen LogP contribution in [-0.2, 0) is 0 Å². The molecule has 0 saturated heterocycles. The highest BCUT2D eigenvalue weighted by Gasteiger charge is 2.11. The molecule has 0 amide bonds. The van der Waals surface area contributed by atoms with Crippen LogP contribution in [0.5, 0.6) is 11.5 Å². The Labute approximate surface area is 109 Å². The van der Waals surface area contributed by atoms with E-state index in [0.717, 1.165) is 11.6 Å². The van der Waals surface area contributed by atoms with Crippen LogP contribution in [-0.4, -0.2) is 5.84 Å². The molecule has 0 atom stereocenters. The van der Waals surface area contributed by atoms with Crippen molar-refractivity contribution in [1.82, 2.24) is 0 Å². The molecule has 19 heavy (non-hydrogen) atoms. The van der Waals surface area contributed by atoms with E-state index in [4.69, 9.17) is 15.9 Å². The van der Waals surface area contributed by atoms with Gasteiger partial charge in [-0.05, 0) is 36.8 Å². The Morgan fingerprint density at radius 1 is 1.05 bits per heavy atom. The number of hydrogen-bond acceptors (Lipinski definition) is 2. The van der Waals surface area contributed by atoms with Crippen molar-refractivity contribution in [1.29, 1.82) is 5.41 Å². The molecule has 0 saturated carbocycles. The molecule has 0 aliphatic carbocycles. The van der Waals surface area contributed by atoms with Gasteiger partial charge in [0.05, 0.1) is 5.56 Å². The molecule has 5 heteroatoms. The fourth-order valence-electron chi connectivity index (χ4n) is 1.60. The van der Waals surface area contributed by atoms with Crippen molar-refractivity contribution in [3.8, 4) is 11.5 Å². The van der Waals surface area contributed by atoms with Crippen LogP contribution in [0.1, 0.15) is 11.1 Å². The van der Waals surface area contributed by atoms with Crippen LogP contribution >= 0.6 is 0 Å². The third-order valence-electron chi connectivity index (χ3n) is 2.60. The number of hydrogen-bond donors (Lipinski definition) is 2. The van der Waals surface area contributed by atoms with Crippen LogP contribution in [0.3, 0.4) is 0 Å². The van der Waals surface area contributed by atoms with Gasteiger partial charge in [0.2, 0.25) is 0 Å². The van der Waals surface area contributed by atoms with E-state index >= 15 is 0 Å². The molecule has 0 aliphatic heterocycles. The maximum absolute atomic E-state index is 13.2. The minimum Gasteiger partial charge on any atom is -0.456 e. The van der Waals surface area contributed by atoms with E-state index in [1.54, 1.807) is 13.0 Å². The zero-order chi connectivity index (χ0) is 14.0. The Morgan fingerprint density at radius 2 is 1.68 bits per heavy atom. The smallest absolute Gasteiger partial charge is 0.138 e. The van der Waals surface area contributed by atoms with Crippen molar-refractivity contribution in [3.05, 3.63) is 59.2 Å². The minimum absolute atomic E-state index is 0.128. The quantitative estimate of drug-likeness (QED) is 0.658. The molecule has 0 aromatic heterocycles. The summed E-state index contributed by atoms with van der Waals surface area (Å²) in [6.07, 6.45) is 0. The van der Waals surface area contributed by atoms with Gasteiger partial charge >= 0.3 is 0 Å². The summed E-state index contributed by atoms with van der Waals surface area (Å²) < 4.78 is 31.8. The van der Waals surface area contributed by atoms with Gasteiger partial charge in [-0.2, -0.15) is 0 Å². The molecule has 3 N–H and O–H groups in total. The Kier molecular flexibility index (Phi) is 3.46. The highest BCUT2D eigenvalue weighted by atomic mass is 19.1. The maximum atomic E-state index is 13.2. The van der Waals surface area contributed by atoms with Crippen LogP contribution < -0.4 is 10.5 Å². The molecule has 2 aromatic carbocycles. The summed E-state index contributed by atoms with van der Waals surface area (Å²) in [7, 11) is 0. The van der Waals surface area contributed by atoms with Crippen LogP contribution in [0.4, 0.5) is 8.78 Å². The number of halogens is 2. The summed E-state index contributed by atoms with van der Waals surface area (Å²) in [6.45, 7) is 1.76. The maximum Gasteiger partial charge on any atom is 0.138 e. The van der Waals surface area contributed by atoms with Gasteiger partial charge in [-0.15, -0.1) is 0 Å². The summed E-state index contributed by atoms with van der Waals surface area (Å²) in [4.78, 5) is 0. The van der Waals surface area contributed by atoms with E-state index in [0.29, 0.717) is 5.75 Å². The number of rotatable bonds is 3. The molecule has 0 aliphatic rings. The summed E-state index contributed by atoms with van der Waals surface area (Å²) in [5.74, 6) is -0.763. The topological polar surface area (TPSA) is 59.1 Å². The first-order valence-electron chi connectivity index (χ1n) is 5.55. The molecule has 2 rings (SSSR count). The van der Waals surface area contributed by atoms with Gasteiger partial charge < -0.3 is 10.5 Å². The molecule has 2 aromatic rings. The zero-order valence-corrected chi connectivity index (χ0v) is 10.2. The van der Waals surface area contributed by atoms with Crippen LogP contribution in [0, 0.1) is 24.0 Å². The standard InChI is InChI=1S/C14H12F2N2O/c1-8-2-3-10(16)7-13(8)19-12-5-4-9(15)6-11(12)14(17)18/h2-7H,1H3,(H3,17,18). The highest BCUT2D eigenvalue weighted by Crippen LogP contribution is 2.28. The molecule has 0 spiro atoms. The van der Waals surface area contributed by atoms with Crippen LogP contribution in [0.2, 0.25) is 0 Å². The van der Waals surface area contributed by atoms with E-state index in [1.165, 1.54) is 24.3 Å². The van der Waals surface area contributed by atoms with E-state index in [2.05, 4.69) is 0 Å². The molecule has 0 unspecified atom stereocenters. The number of nitrogens with one attached hydrogen (secondary N) is 1. The van der Waals surface area contributed by atoms with Gasteiger partial charge in [0.1, 0.15) is 29.0 Å². The van der Waals surface area contributed by atoms with Crippen molar-refractivity contribution < 1.29 is 13.5 Å². The van der Waals surface area contributed by atoms with Crippen molar-refractivity contribution in [3.63, 3.8) is 0 Å². The van der Waals surface area contributed by atoms with Gasteiger partial charge in [0.25, 0.3) is 0 Å².